The van der Waals surface area contributed by atoms with Gasteiger partial charge in [0.25, 0.3) is 0 Å². The van der Waals surface area contributed by atoms with Crippen LogP contribution in [0.2, 0.25) is 0 Å². The van der Waals surface area contributed by atoms with Crippen molar-refractivity contribution in [1.82, 2.24) is 19.6 Å². The van der Waals surface area contributed by atoms with Crippen LogP contribution in [-0.2, 0) is 9.59 Å². The van der Waals surface area contributed by atoms with Crippen LogP contribution in [0.1, 0.15) is 40.0 Å². The van der Waals surface area contributed by atoms with Gasteiger partial charge < -0.3 is 9.80 Å². The molecule has 0 saturated carbocycles. The van der Waals surface area contributed by atoms with Crippen molar-refractivity contribution in [3.05, 3.63) is 36.0 Å². The lowest BCUT2D eigenvalue weighted by molar-refractivity contribution is -0.136. The van der Waals surface area contributed by atoms with Gasteiger partial charge in [-0.3, -0.25) is 19.4 Å². The first-order valence-electron chi connectivity index (χ1n) is 12.0. The second kappa shape index (κ2) is 11.6. The molecule has 0 bridgehead atoms. The van der Waals surface area contributed by atoms with Gasteiger partial charge in [0.1, 0.15) is 0 Å². The standard InChI is InChI=1S/C25H40N4O2/c1-4-7-22(3)27-14-16-29(17-15-27)25(31)20-26-10-12-28(13-11-26)24(30)19-23-9-6-5-8-21(2)18-23/h5-6,8-9,18,21-22H,4,7,10-17,19-20H2,1-3H3. The van der Waals surface area contributed by atoms with Crippen molar-refractivity contribution < 1.29 is 9.59 Å². The van der Waals surface area contributed by atoms with Gasteiger partial charge in [0.05, 0.1) is 13.0 Å². The summed E-state index contributed by atoms with van der Waals surface area (Å²) in [7, 11) is 0. The monoisotopic (exact) mass is 428 g/mol. The molecule has 6 nitrogen and oxygen atoms in total. The normalized spacial score (nSPS) is 24.1. The van der Waals surface area contributed by atoms with E-state index in [0.717, 1.165) is 44.8 Å². The van der Waals surface area contributed by atoms with Crippen LogP contribution in [-0.4, -0.2) is 96.4 Å². The van der Waals surface area contributed by atoms with Gasteiger partial charge in [-0.1, -0.05) is 50.6 Å². The molecule has 0 aromatic heterocycles. The maximum atomic E-state index is 12.8. The fourth-order valence-corrected chi connectivity index (χ4v) is 4.73. The Morgan fingerprint density at radius 3 is 2.29 bits per heavy atom. The first-order chi connectivity index (χ1) is 15.0. The van der Waals surface area contributed by atoms with Crippen LogP contribution in [0.15, 0.2) is 36.0 Å². The second-order valence-corrected chi connectivity index (χ2v) is 9.23. The van der Waals surface area contributed by atoms with E-state index in [1.807, 2.05) is 28.0 Å². The highest BCUT2D eigenvalue weighted by Crippen LogP contribution is 2.16. The van der Waals surface area contributed by atoms with Crippen LogP contribution in [0.4, 0.5) is 0 Å². The zero-order chi connectivity index (χ0) is 22.2. The van der Waals surface area contributed by atoms with Crippen molar-refractivity contribution in [3.63, 3.8) is 0 Å². The number of allylic oxidation sites excluding steroid dienone is 5. The van der Waals surface area contributed by atoms with E-state index in [0.29, 0.717) is 38.0 Å². The molecule has 0 N–H and O–H groups in total. The SMILES string of the molecule is CCCC(C)N1CCN(C(=O)CN2CCN(C(=O)CC3=CC(C)C=CC=C3)CC2)CC1. The fourth-order valence-electron chi connectivity index (χ4n) is 4.73. The first-order valence-corrected chi connectivity index (χ1v) is 12.0. The average Bonchev–Trinajstić information content (AvgIpc) is 2.98. The molecular formula is C25H40N4O2. The zero-order valence-electron chi connectivity index (χ0n) is 19.6. The van der Waals surface area contributed by atoms with Gasteiger partial charge in [0, 0.05) is 58.4 Å². The van der Waals surface area contributed by atoms with Gasteiger partial charge in [-0.05, 0) is 24.8 Å². The van der Waals surface area contributed by atoms with Gasteiger partial charge in [0.15, 0.2) is 0 Å². The molecule has 2 atom stereocenters. The minimum absolute atomic E-state index is 0.188. The Kier molecular flexibility index (Phi) is 8.90. The lowest BCUT2D eigenvalue weighted by Gasteiger charge is -2.39. The number of hydrogen-bond acceptors (Lipinski definition) is 4. The molecule has 2 heterocycles. The van der Waals surface area contributed by atoms with Crippen molar-refractivity contribution in [3.8, 4) is 0 Å². The van der Waals surface area contributed by atoms with E-state index in [1.165, 1.54) is 12.8 Å². The topological polar surface area (TPSA) is 47.1 Å². The predicted molar refractivity (Wildman–Crippen MR) is 126 cm³/mol. The summed E-state index contributed by atoms with van der Waals surface area (Å²) in [5.74, 6) is 0.781. The van der Waals surface area contributed by atoms with E-state index >= 15 is 0 Å². The van der Waals surface area contributed by atoms with E-state index in [9.17, 15) is 9.59 Å². The minimum Gasteiger partial charge on any atom is -0.340 e. The molecule has 6 heteroatoms. The van der Waals surface area contributed by atoms with Crippen molar-refractivity contribution in [2.75, 3.05) is 58.9 Å². The van der Waals surface area contributed by atoms with E-state index in [1.54, 1.807) is 0 Å². The van der Waals surface area contributed by atoms with Crippen LogP contribution in [0.3, 0.4) is 0 Å². The zero-order valence-corrected chi connectivity index (χ0v) is 19.6. The lowest BCUT2D eigenvalue weighted by atomic mass is 10.1. The Morgan fingerprint density at radius 2 is 1.61 bits per heavy atom. The maximum Gasteiger partial charge on any atom is 0.236 e. The predicted octanol–water partition coefficient (Wildman–Crippen LogP) is 2.54. The number of piperazine rings is 2. The molecule has 0 aromatic carbocycles. The molecule has 0 aromatic rings. The van der Waals surface area contributed by atoms with Crippen LogP contribution < -0.4 is 0 Å². The Balaban J connectivity index is 1.38. The second-order valence-electron chi connectivity index (χ2n) is 9.23. The molecule has 0 radical (unpaired) electrons. The Morgan fingerprint density at radius 1 is 0.968 bits per heavy atom. The van der Waals surface area contributed by atoms with Crippen LogP contribution in [0.5, 0.6) is 0 Å². The highest BCUT2D eigenvalue weighted by molar-refractivity contribution is 5.80. The molecular weight excluding hydrogens is 388 g/mol. The molecule has 172 valence electrons. The summed E-state index contributed by atoms with van der Waals surface area (Å²) >= 11 is 0. The van der Waals surface area contributed by atoms with Crippen molar-refractivity contribution >= 4 is 11.8 Å². The quantitative estimate of drug-likeness (QED) is 0.625. The van der Waals surface area contributed by atoms with Gasteiger partial charge in [-0.25, -0.2) is 0 Å². The van der Waals surface area contributed by atoms with Crippen molar-refractivity contribution in [2.45, 2.75) is 46.1 Å². The number of hydrogen-bond donors (Lipinski definition) is 0. The Bertz CT molecular complexity index is 698. The summed E-state index contributed by atoms with van der Waals surface area (Å²) in [5.41, 5.74) is 1.09. The number of amides is 2. The van der Waals surface area contributed by atoms with Crippen LogP contribution in [0, 0.1) is 5.92 Å². The summed E-state index contributed by atoms with van der Waals surface area (Å²) in [6.07, 6.45) is 13.3. The molecule has 2 aliphatic heterocycles. The number of nitrogens with zero attached hydrogens (tertiary/aromatic N) is 4. The summed E-state index contributed by atoms with van der Waals surface area (Å²) < 4.78 is 0. The first kappa shape index (κ1) is 23.7. The molecule has 2 saturated heterocycles. The molecule has 1 aliphatic carbocycles. The van der Waals surface area contributed by atoms with Crippen molar-refractivity contribution in [2.24, 2.45) is 5.92 Å². The summed E-state index contributed by atoms with van der Waals surface area (Å²) in [6.45, 7) is 13.7. The third-order valence-electron chi connectivity index (χ3n) is 6.75. The number of carbonyl (C=O) groups is 2. The third-order valence-corrected chi connectivity index (χ3v) is 6.75. The van der Waals surface area contributed by atoms with E-state index < -0.39 is 0 Å². The van der Waals surface area contributed by atoms with Gasteiger partial charge >= 0.3 is 0 Å². The fraction of sp³-hybridized carbons (Fsp3) is 0.680. The average molecular weight is 429 g/mol. The highest BCUT2D eigenvalue weighted by Gasteiger charge is 2.27. The molecule has 31 heavy (non-hydrogen) atoms. The number of carbonyl (C=O) groups excluding carboxylic acids is 2. The molecule has 0 spiro atoms. The summed E-state index contributed by atoms with van der Waals surface area (Å²) in [5, 5.41) is 0. The Hall–Kier alpha value is -1.92. The molecule has 2 unspecified atom stereocenters. The Labute approximate surface area is 188 Å². The molecule has 3 rings (SSSR count). The maximum absolute atomic E-state index is 12.8. The van der Waals surface area contributed by atoms with Gasteiger partial charge in [-0.2, -0.15) is 0 Å². The molecule has 2 amide bonds. The van der Waals surface area contributed by atoms with Gasteiger partial charge in [0.2, 0.25) is 11.8 Å². The highest BCUT2D eigenvalue weighted by atomic mass is 16.2. The smallest absolute Gasteiger partial charge is 0.236 e. The largest absolute Gasteiger partial charge is 0.340 e. The van der Waals surface area contributed by atoms with Crippen LogP contribution in [0.25, 0.3) is 0 Å². The third kappa shape index (κ3) is 7.04. The van der Waals surface area contributed by atoms with Gasteiger partial charge in [-0.15, -0.1) is 0 Å². The van der Waals surface area contributed by atoms with Crippen LogP contribution >= 0.6 is 0 Å². The summed E-state index contributed by atoms with van der Waals surface area (Å²) in [4.78, 5) is 34.2. The number of rotatable bonds is 7. The van der Waals surface area contributed by atoms with E-state index in [4.69, 9.17) is 0 Å². The van der Waals surface area contributed by atoms with E-state index in [2.05, 4.69) is 42.7 Å². The van der Waals surface area contributed by atoms with E-state index in [-0.39, 0.29) is 11.8 Å². The lowest BCUT2D eigenvalue weighted by Crippen LogP contribution is -2.55. The summed E-state index contributed by atoms with van der Waals surface area (Å²) in [6, 6.07) is 0.608. The molecule has 2 fully saturated rings. The van der Waals surface area contributed by atoms with Crippen molar-refractivity contribution in [1.29, 1.82) is 0 Å². The molecule has 3 aliphatic rings. The minimum atomic E-state index is 0.188.